The molecule has 0 spiro atoms. The Morgan fingerprint density at radius 2 is 1.92 bits per heavy atom. The molecule has 0 bridgehead atoms. The van der Waals surface area contributed by atoms with Crippen LogP contribution < -0.4 is 17.2 Å². The molecule has 70 valence electrons. The molecule has 1 amide bonds. The van der Waals surface area contributed by atoms with Crippen molar-refractivity contribution >= 4 is 5.91 Å². The number of nitrogens with two attached hydrogens (primary N) is 3. The van der Waals surface area contributed by atoms with Crippen LogP contribution in [0.4, 0.5) is 0 Å². The summed E-state index contributed by atoms with van der Waals surface area (Å²) in [5, 5.41) is 0. The minimum atomic E-state index is -0.462. The maximum Gasteiger partial charge on any atom is 0.249 e. The van der Waals surface area contributed by atoms with E-state index in [1.807, 2.05) is 6.07 Å². The first-order valence-electron chi connectivity index (χ1n) is 4.01. The predicted octanol–water partition coefficient (Wildman–Crippen LogP) is -0.297. The number of hydrogen-bond acceptors (Lipinski definition) is 3. The molecule has 0 fully saturated rings. The average molecular weight is 179 g/mol. The number of benzene rings is 1. The van der Waals surface area contributed by atoms with Gasteiger partial charge in [0.2, 0.25) is 5.91 Å². The van der Waals surface area contributed by atoms with Crippen LogP contribution in [-0.4, -0.2) is 5.91 Å². The van der Waals surface area contributed by atoms with Crippen molar-refractivity contribution in [2.24, 2.45) is 17.2 Å². The van der Waals surface area contributed by atoms with Crippen molar-refractivity contribution in [2.75, 3.05) is 0 Å². The highest BCUT2D eigenvalue weighted by Gasteiger charge is 2.09. The zero-order valence-corrected chi connectivity index (χ0v) is 7.29. The Bertz CT molecular complexity index is 323. The van der Waals surface area contributed by atoms with Crippen LogP contribution in [0.15, 0.2) is 18.2 Å². The van der Waals surface area contributed by atoms with Crippen molar-refractivity contribution in [1.29, 1.82) is 0 Å². The van der Waals surface area contributed by atoms with Crippen LogP contribution in [0.3, 0.4) is 0 Å². The fourth-order valence-corrected chi connectivity index (χ4v) is 1.30. The van der Waals surface area contributed by atoms with Gasteiger partial charge in [-0.25, -0.2) is 0 Å². The molecule has 0 heterocycles. The zero-order valence-electron chi connectivity index (χ0n) is 7.29. The first kappa shape index (κ1) is 9.70. The van der Waals surface area contributed by atoms with Crippen molar-refractivity contribution in [1.82, 2.24) is 0 Å². The highest BCUT2D eigenvalue weighted by Crippen LogP contribution is 2.13. The lowest BCUT2D eigenvalue weighted by Gasteiger charge is -2.08. The van der Waals surface area contributed by atoms with E-state index in [-0.39, 0.29) is 6.54 Å². The van der Waals surface area contributed by atoms with Crippen LogP contribution in [0.25, 0.3) is 0 Å². The van der Waals surface area contributed by atoms with Crippen molar-refractivity contribution < 1.29 is 4.79 Å². The van der Waals surface area contributed by atoms with Gasteiger partial charge in [0, 0.05) is 18.7 Å². The van der Waals surface area contributed by atoms with Gasteiger partial charge in [-0.15, -0.1) is 0 Å². The first-order valence-corrected chi connectivity index (χ1v) is 4.01. The largest absolute Gasteiger partial charge is 0.366 e. The third kappa shape index (κ3) is 1.85. The van der Waals surface area contributed by atoms with Gasteiger partial charge < -0.3 is 17.2 Å². The van der Waals surface area contributed by atoms with Gasteiger partial charge in [0.15, 0.2) is 0 Å². The molecular weight excluding hydrogens is 166 g/mol. The Morgan fingerprint density at radius 3 is 2.38 bits per heavy atom. The molecule has 0 aliphatic carbocycles. The summed E-state index contributed by atoms with van der Waals surface area (Å²) in [4.78, 5) is 11.0. The summed E-state index contributed by atoms with van der Waals surface area (Å²) in [5.41, 5.74) is 18.3. The summed E-state index contributed by atoms with van der Waals surface area (Å²) >= 11 is 0. The lowest BCUT2D eigenvalue weighted by molar-refractivity contribution is 0.0999. The number of rotatable bonds is 3. The van der Waals surface area contributed by atoms with E-state index in [0.717, 1.165) is 11.1 Å². The van der Waals surface area contributed by atoms with E-state index in [4.69, 9.17) is 17.2 Å². The Balaban J connectivity index is 3.27. The molecule has 0 aliphatic rings. The van der Waals surface area contributed by atoms with E-state index in [1.165, 1.54) is 0 Å². The van der Waals surface area contributed by atoms with Gasteiger partial charge in [0.1, 0.15) is 0 Å². The van der Waals surface area contributed by atoms with Gasteiger partial charge in [-0.2, -0.15) is 0 Å². The number of hydrogen-bond donors (Lipinski definition) is 3. The van der Waals surface area contributed by atoms with E-state index >= 15 is 0 Å². The molecule has 0 saturated heterocycles. The maximum absolute atomic E-state index is 11.0. The molecule has 0 aromatic heterocycles. The van der Waals surface area contributed by atoms with Gasteiger partial charge in [-0.05, 0) is 17.2 Å². The third-order valence-electron chi connectivity index (χ3n) is 1.96. The Morgan fingerprint density at radius 1 is 1.23 bits per heavy atom. The summed E-state index contributed by atoms with van der Waals surface area (Å²) in [6, 6.07) is 5.25. The smallest absolute Gasteiger partial charge is 0.249 e. The molecule has 4 nitrogen and oxygen atoms in total. The van der Waals surface area contributed by atoms with Crippen LogP contribution in [0.2, 0.25) is 0 Å². The zero-order chi connectivity index (χ0) is 9.84. The lowest BCUT2D eigenvalue weighted by atomic mass is 10.0. The minimum absolute atomic E-state index is 0.283. The van der Waals surface area contributed by atoms with E-state index in [2.05, 4.69) is 0 Å². The molecule has 0 saturated carbocycles. The van der Waals surface area contributed by atoms with Gasteiger partial charge in [-0.3, -0.25) is 4.79 Å². The van der Waals surface area contributed by atoms with Crippen LogP contribution in [0.5, 0.6) is 0 Å². The summed E-state index contributed by atoms with van der Waals surface area (Å²) < 4.78 is 0. The number of amides is 1. The maximum atomic E-state index is 11.0. The highest BCUT2D eigenvalue weighted by molar-refractivity contribution is 5.94. The minimum Gasteiger partial charge on any atom is -0.366 e. The Labute approximate surface area is 76.7 Å². The predicted molar refractivity (Wildman–Crippen MR) is 50.7 cm³/mol. The molecule has 1 aromatic carbocycles. The fraction of sp³-hybridized carbons (Fsp3) is 0.222. The van der Waals surface area contributed by atoms with Crippen LogP contribution in [0.1, 0.15) is 21.5 Å². The number of carbonyl (C=O) groups excluding carboxylic acids is 1. The van der Waals surface area contributed by atoms with Gasteiger partial charge in [-0.1, -0.05) is 12.1 Å². The van der Waals surface area contributed by atoms with Crippen LogP contribution in [0, 0.1) is 0 Å². The van der Waals surface area contributed by atoms with Crippen molar-refractivity contribution in [2.45, 2.75) is 13.1 Å². The second-order valence-corrected chi connectivity index (χ2v) is 2.72. The monoisotopic (exact) mass is 179 g/mol. The molecule has 0 aliphatic heterocycles. The molecule has 0 unspecified atom stereocenters. The Hall–Kier alpha value is -1.39. The van der Waals surface area contributed by atoms with Crippen molar-refractivity contribution in [3.8, 4) is 0 Å². The van der Waals surface area contributed by atoms with E-state index in [1.54, 1.807) is 12.1 Å². The number of primary amides is 1. The first-order chi connectivity index (χ1) is 6.20. The topological polar surface area (TPSA) is 95.1 Å². The van der Waals surface area contributed by atoms with Gasteiger partial charge in [0.25, 0.3) is 0 Å². The lowest BCUT2D eigenvalue weighted by Crippen LogP contribution is -2.18. The SMILES string of the molecule is NCc1cccc(C(N)=O)c1CN. The van der Waals surface area contributed by atoms with Gasteiger partial charge in [0.05, 0.1) is 0 Å². The fourth-order valence-electron chi connectivity index (χ4n) is 1.30. The summed E-state index contributed by atoms with van der Waals surface area (Å²) in [7, 11) is 0. The highest BCUT2D eigenvalue weighted by atomic mass is 16.1. The van der Waals surface area contributed by atoms with Crippen LogP contribution in [-0.2, 0) is 13.1 Å². The summed E-state index contributed by atoms with van der Waals surface area (Å²) in [5.74, 6) is -0.462. The van der Waals surface area contributed by atoms with Crippen molar-refractivity contribution in [3.05, 3.63) is 34.9 Å². The van der Waals surface area contributed by atoms with E-state index in [0.29, 0.717) is 12.1 Å². The second kappa shape index (κ2) is 4.02. The third-order valence-corrected chi connectivity index (χ3v) is 1.96. The molecule has 0 atom stereocenters. The molecule has 0 radical (unpaired) electrons. The van der Waals surface area contributed by atoms with Gasteiger partial charge >= 0.3 is 0 Å². The standard InChI is InChI=1S/C9H13N3O/c10-4-6-2-1-3-7(9(12)13)8(6)5-11/h1-3H,4-5,10-11H2,(H2,12,13). The molecule has 1 rings (SSSR count). The van der Waals surface area contributed by atoms with Crippen LogP contribution >= 0.6 is 0 Å². The van der Waals surface area contributed by atoms with E-state index < -0.39 is 5.91 Å². The second-order valence-electron chi connectivity index (χ2n) is 2.72. The molecule has 6 N–H and O–H groups in total. The molecule has 1 aromatic rings. The normalized spacial score (nSPS) is 10.0. The number of carbonyl (C=O) groups is 1. The molecular formula is C9H13N3O. The summed E-state index contributed by atoms with van der Waals surface area (Å²) in [6.07, 6.45) is 0. The van der Waals surface area contributed by atoms with Crippen molar-refractivity contribution in [3.63, 3.8) is 0 Å². The Kier molecular flexibility index (Phi) is 3.00. The van der Waals surface area contributed by atoms with E-state index in [9.17, 15) is 4.79 Å². The average Bonchev–Trinajstić information content (AvgIpc) is 2.16. The molecule has 13 heavy (non-hydrogen) atoms. The summed E-state index contributed by atoms with van der Waals surface area (Å²) in [6.45, 7) is 0.652. The molecule has 4 heteroatoms. The quantitative estimate of drug-likeness (QED) is 0.594.